The fraction of sp³-hybridized carbons (Fsp3) is 0.0444. The average molecular weight is 1790 g/mol. The topological polar surface area (TPSA) is 58.0 Å². The van der Waals surface area contributed by atoms with E-state index in [0.29, 0.717) is 0 Å². The fourth-order valence-corrected chi connectivity index (χ4v) is 23.5. The maximum absolute atomic E-state index is 5.88. The molecule has 0 saturated carbocycles. The number of hydrogen-bond donors (Lipinski definition) is 0. The van der Waals surface area contributed by atoms with Gasteiger partial charge in [-0.3, -0.25) is 0 Å². The molecule has 0 bridgehead atoms. The van der Waals surface area contributed by atoms with Crippen molar-refractivity contribution in [1.29, 1.82) is 0 Å². The molecular weight excluding hydrogens is 1720 g/mol. The predicted molar refractivity (Wildman–Crippen MR) is 472 cm³/mol. The minimum atomic E-state index is -0.446. The van der Waals surface area contributed by atoms with Gasteiger partial charge < -0.3 is 9.80 Å². The number of benzene rings is 12. The van der Waals surface area contributed by atoms with Gasteiger partial charge in [-0.05, 0) is 134 Å². The molecule has 540 valence electrons. The van der Waals surface area contributed by atoms with Crippen molar-refractivity contribution in [2.45, 2.75) is 0 Å². The van der Waals surface area contributed by atoms with E-state index in [9.17, 15) is 0 Å². The summed E-state index contributed by atoms with van der Waals surface area (Å²) in [6.45, 7) is 3.75. The molecule has 0 spiro atoms. The van der Waals surface area contributed by atoms with Gasteiger partial charge in [0.05, 0.1) is 19.4 Å². The molecule has 4 aromatic heterocycles. The summed E-state index contributed by atoms with van der Waals surface area (Å²) in [7, 11) is 5.96. The number of aromatic nitrogens is 4. The average Bonchev–Trinajstić information content (AvgIpc) is 1.67. The maximum atomic E-state index is 5.88. The third-order valence-electron chi connectivity index (χ3n) is 16.0. The standard InChI is InChI=1S/4C18H15P.C10H10ClN3S.C8H7BrClN3S.2Pd/c4*1-4-10-16(11-5-1)19(17-12-6-2-7-13-17)18-14-8-3-9-15-18;1-4-6-5-15-8-7(6)12-10(11)13-9(8)14(2)3;1-13(2)7-6-5(4(9)3-14-6)11-8(10)12-7;;/h4*1-15H;4-5H,1H2,2-3H3;3H,1-2H3;;. The van der Waals surface area contributed by atoms with E-state index in [1.54, 1.807) is 28.7 Å². The Morgan fingerprint density at radius 2 is 0.467 bits per heavy atom. The fourth-order valence-electron chi connectivity index (χ4n) is 11.2. The van der Waals surface area contributed by atoms with Crippen molar-refractivity contribution in [2.75, 3.05) is 38.0 Å². The number of fused-ring (bicyclic) bond motifs is 2. The summed E-state index contributed by atoms with van der Waals surface area (Å²) in [6, 6.07) is 129. The van der Waals surface area contributed by atoms with Gasteiger partial charge in [0.25, 0.3) is 0 Å². The molecule has 16 aromatic rings. The summed E-state index contributed by atoms with van der Waals surface area (Å²) in [5.41, 5.74) is 2.75. The normalized spacial score (nSPS) is 10.4. The maximum Gasteiger partial charge on any atom is 0.225 e. The summed E-state index contributed by atoms with van der Waals surface area (Å²) in [6.07, 6.45) is 1.78. The summed E-state index contributed by atoms with van der Waals surface area (Å²) in [5.74, 6) is 1.71. The Balaban J connectivity index is 0.000000148. The molecule has 0 aliphatic heterocycles. The zero-order valence-electron chi connectivity index (χ0n) is 59.1. The van der Waals surface area contributed by atoms with E-state index in [0.717, 1.165) is 42.1 Å². The first-order chi connectivity index (χ1) is 51.5. The van der Waals surface area contributed by atoms with Gasteiger partial charge in [-0.2, -0.15) is 9.97 Å². The monoisotopic (exact) mass is 1790 g/mol. The molecule has 0 amide bonds. The molecular formula is C90H77BrCl2N6P4Pd2S2. The summed E-state index contributed by atoms with van der Waals surface area (Å²) in [5, 5.41) is 21.3. The number of halogens is 3. The van der Waals surface area contributed by atoms with E-state index in [-0.39, 0.29) is 51.4 Å². The van der Waals surface area contributed by atoms with Gasteiger partial charge in [0.1, 0.15) is 5.52 Å². The number of rotatable bonds is 15. The summed E-state index contributed by atoms with van der Waals surface area (Å²) in [4.78, 5) is 20.6. The van der Waals surface area contributed by atoms with Crippen LogP contribution in [0.3, 0.4) is 0 Å². The Labute approximate surface area is 689 Å². The molecule has 17 heteroatoms. The molecule has 0 unspecified atom stereocenters. The smallest absolute Gasteiger partial charge is 0.225 e. The second-order valence-electron chi connectivity index (χ2n) is 23.6. The van der Waals surface area contributed by atoms with Crippen molar-refractivity contribution >= 4 is 195 Å². The molecule has 0 atom stereocenters. The zero-order valence-corrected chi connectivity index (χ0v) is 70.6. The Morgan fingerprint density at radius 1 is 0.290 bits per heavy atom. The van der Waals surface area contributed by atoms with Crippen LogP contribution in [0.25, 0.3) is 26.5 Å². The minimum Gasteiger partial charge on any atom is -0.361 e. The Bertz CT molecular complexity index is 4360. The van der Waals surface area contributed by atoms with E-state index >= 15 is 0 Å². The van der Waals surface area contributed by atoms with E-state index in [2.05, 4.69) is 406 Å². The number of anilines is 2. The zero-order chi connectivity index (χ0) is 73.0. The van der Waals surface area contributed by atoms with Gasteiger partial charge in [0, 0.05) is 85.4 Å². The van der Waals surface area contributed by atoms with E-state index in [1.807, 2.05) is 48.8 Å². The minimum absolute atomic E-state index is 0. The van der Waals surface area contributed by atoms with Gasteiger partial charge in [0.15, 0.2) is 11.6 Å². The molecule has 12 aromatic carbocycles. The van der Waals surface area contributed by atoms with Gasteiger partial charge >= 0.3 is 0 Å². The third-order valence-corrected chi connectivity index (χ3v) is 28.9. The SMILES string of the molecule is C=Cc1csc2c(N(C)C)nc(Cl)nc12.CN(C)c1nc(Cl)nc2c(Br)csc12.[Pd].[Pd].c1ccc(P(c2ccccc2)c2ccccc2)cc1.c1ccc(P(c2ccccc2)c2ccccc2)cc1.c1ccc(P(c2ccccc2)c2ccccc2)cc1.c1ccc(P(c2ccccc2)c2ccccc2)cc1. The molecule has 107 heavy (non-hydrogen) atoms. The summed E-state index contributed by atoms with van der Waals surface area (Å²) < 4.78 is 3.05. The molecule has 16 rings (SSSR count). The molecule has 0 N–H and O–H groups in total. The van der Waals surface area contributed by atoms with E-state index in [1.165, 1.54) is 63.7 Å². The van der Waals surface area contributed by atoms with Gasteiger partial charge in [0.2, 0.25) is 10.6 Å². The Morgan fingerprint density at radius 3 is 0.654 bits per heavy atom. The molecule has 4 heterocycles. The van der Waals surface area contributed by atoms with E-state index in [4.69, 9.17) is 23.2 Å². The van der Waals surface area contributed by atoms with Crippen LogP contribution < -0.4 is 73.5 Å². The Kier molecular flexibility index (Phi) is 34.2. The van der Waals surface area contributed by atoms with Crippen molar-refractivity contribution in [3.05, 3.63) is 402 Å². The van der Waals surface area contributed by atoms with Crippen molar-refractivity contribution in [1.82, 2.24) is 19.9 Å². The van der Waals surface area contributed by atoms with Gasteiger partial charge in [-0.25, -0.2) is 9.97 Å². The van der Waals surface area contributed by atoms with Crippen LogP contribution in [0.15, 0.2) is 386 Å². The van der Waals surface area contributed by atoms with Crippen LogP contribution in [-0.4, -0.2) is 48.1 Å². The van der Waals surface area contributed by atoms with E-state index < -0.39 is 31.7 Å². The van der Waals surface area contributed by atoms with Crippen LogP contribution in [-0.2, 0) is 40.8 Å². The Hall–Kier alpha value is -7.84. The van der Waals surface area contributed by atoms with Gasteiger partial charge in [-0.15, -0.1) is 22.7 Å². The van der Waals surface area contributed by atoms with Crippen molar-refractivity contribution in [3.8, 4) is 0 Å². The van der Waals surface area contributed by atoms with Crippen LogP contribution in [0.1, 0.15) is 5.56 Å². The molecule has 0 aliphatic rings. The molecule has 0 fully saturated rings. The first-order valence-electron chi connectivity index (χ1n) is 33.9. The third kappa shape index (κ3) is 23.6. The number of nitrogens with zero attached hydrogens (tertiary/aromatic N) is 6. The van der Waals surface area contributed by atoms with Crippen molar-refractivity contribution in [2.24, 2.45) is 0 Å². The first kappa shape index (κ1) is 83.2. The predicted octanol–water partition coefficient (Wildman–Crippen LogP) is 20.0. The molecule has 0 radical (unpaired) electrons. The largest absolute Gasteiger partial charge is 0.361 e. The van der Waals surface area contributed by atoms with Crippen molar-refractivity contribution in [3.63, 3.8) is 0 Å². The summed E-state index contributed by atoms with van der Waals surface area (Å²) >= 11 is 18.3. The first-order valence-corrected chi connectivity index (χ1v) is 42.5. The number of hydrogen-bond acceptors (Lipinski definition) is 8. The second kappa shape index (κ2) is 44.0. The van der Waals surface area contributed by atoms with Crippen LogP contribution in [0.2, 0.25) is 10.6 Å². The van der Waals surface area contributed by atoms with Crippen LogP contribution in [0.5, 0.6) is 0 Å². The number of thiophene rings is 2. The van der Waals surface area contributed by atoms with Crippen LogP contribution in [0.4, 0.5) is 11.6 Å². The molecule has 6 nitrogen and oxygen atoms in total. The molecule has 0 aliphatic carbocycles. The second-order valence-corrected chi connectivity index (χ2v) is 35.8. The van der Waals surface area contributed by atoms with Crippen LogP contribution in [0, 0.1) is 0 Å². The quantitative estimate of drug-likeness (QED) is 0.0579. The van der Waals surface area contributed by atoms with Crippen molar-refractivity contribution < 1.29 is 40.8 Å². The van der Waals surface area contributed by atoms with Crippen LogP contribution >= 0.6 is 93.5 Å². The van der Waals surface area contributed by atoms with Gasteiger partial charge in [-0.1, -0.05) is 377 Å². The molecule has 0 saturated heterocycles.